The van der Waals surface area contributed by atoms with Crippen molar-refractivity contribution in [3.63, 3.8) is 0 Å². The molecule has 1 N–H and O–H groups in total. The molecule has 1 aromatic carbocycles. The maximum absolute atomic E-state index is 12.3. The molecular weight excluding hydrogens is 325 g/mol. The molecule has 1 aliphatic rings. The van der Waals surface area contributed by atoms with Gasteiger partial charge in [0.15, 0.2) is 24.7 Å². The van der Waals surface area contributed by atoms with Gasteiger partial charge < -0.3 is 19.7 Å². The average molecular weight is 346 g/mol. The van der Waals surface area contributed by atoms with E-state index < -0.39 is 12.8 Å². The summed E-state index contributed by atoms with van der Waals surface area (Å²) in [6.07, 6.45) is -3.50. The Morgan fingerprint density at radius 1 is 1.29 bits per heavy atom. The first-order valence-corrected chi connectivity index (χ1v) is 7.73. The molecule has 1 aliphatic heterocycles. The van der Waals surface area contributed by atoms with E-state index in [0.29, 0.717) is 19.0 Å². The van der Waals surface area contributed by atoms with Crippen LogP contribution in [0.1, 0.15) is 6.42 Å². The highest BCUT2D eigenvalue weighted by atomic mass is 19.4. The van der Waals surface area contributed by atoms with Gasteiger partial charge >= 0.3 is 6.18 Å². The molecule has 8 heteroatoms. The van der Waals surface area contributed by atoms with E-state index in [1.54, 1.807) is 17.0 Å². The van der Waals surface area contributed by atoms with E-state index in [0.717, 1.165) is 13.0 Å². The van der Waals surface area contributed by atoms with E-state index in [9.17, 15) is 18.0 Å². The second-order valence-corrected chi connectivity index (χ2v) is 5.69. The minimum absolute atomic E-state index is 0.0305. The van der Waals surface area contributed by atoms with E-state index in [1.807, 2.05) is 7.05 Å². The maximum atomic E-state index is 12.3. The number of ether oxygens (including phenoxy) is 2. The van der Waals surface area contributed by atoms with Crippen molar-refractivity contribution < 1.29 is 27.4 Å². The number of amides is 1. The third-order valence-electron chi connectivity index (χ3n) is 3.72. The number of hydrogen-bond donors (Lipinski definition) is 1. The Morgan fingerprint density at radius 3 is 2.58 bits per heavy atom. The fourth-order valence-corrected chi connectivity index (χ4v) is 2.59. The number of halogens is 3. The van der Waals surface area contributed by atoms with Crippen molar-refractivity contribution in [1.82, 2.24) is 10.2 Å². The predicted octanol–water partition coefficient (Wildman–Crippen LogP) is 2.07. The molecule has 0 spiro atoms. The van der Waals surface area contributed by atoms with Crippen molar-refractivity contribution in [3.8, 4) is 11.5 Å². The van der Waals surface area contributed by atoms with Crippen LogP contribution < -0.4 is 14.8 Å². The van der Waals surface area contributed by atoms with Gasteiger partial charge in [-0.3, -0.25) is 4.79 Å². The summed E-state index contributed by atoms with van der Waals surface area (Å²) in [7, 11) is 1.87. The van der Waals surface area contributed by atoms with E-state index in [4.69, 9.17) is 9.47 Å². The monoisotopic (exact) mass is 346 g/mol. The van der Waals surface area contributed by atoms with Crippen molar-refractivity contribution in [1.29, 1.82) is 0 Å². The minimum Gasteiger partial charge on any atom is -0.480 e. The lowest BCUT2D eigenvalue weighted by molar-refractivity contribution is -0.153. The van der Waals surface area contributed by atoms with Gasteiger partial charge in [-0.15, -0.1) is 0 Å². The molecule has 0 unspecified atom stereocenters. The Bertz CT molecular complexity index is 552. The summed E-state index contributed by atoms with van der Waals surface area (Å²) in [5.74, 6) is 0.332. The van der Waals surface area contributed by atoms with Crippen molar-refractivity contribution in [3.05, 3.63) is 24.3 Å². The molecule has 1 aromatic rings. The molecule has 1 heterocycles. The lowest BCUT2D eigenvalue weighted by atomic mass is 10.1. The van der Waals surface area contributed by atoms with E-state index in [2.05, 4.69) is 5.32 Å². The number of nitrogens with zero attached hydrogens (tertiary/aromatic N) is 1. The molecule has 0 aliphatic carbocycles. The molecular formula is C16H21F3N2O3. The highest BCUT2D eigenvalue weighted by Gasteiger charge is 2.29. The maximum Gasteiger partial charge on any atom is 0.422 e. The molecule has 0 aromatic heterocycles. The van der Waals surface area contributed by atoms with Crippen LogP contribution in [0.5, 0.6) is 11.5 Å². The summed E-state index contributed by atoms with van der Waals surface area (Å²) in [6.45, 7) is 0.548. The lowest BCUT2D eigenvalue weighted by Crippen LogP contribution is -2.34. The van der Waals surface area contributed by atoms with Crippen LogP contribution in [-0.4, -0.2) is 56.9 Å². The van der Waals surface area contributed by atoms with Crippen LogP contribution in [0.4, 0.5) is 13.2 Å². The molecule has 5 nitrogen and oxygen atoms in total. The number of hydrogen-bond acceptors (Lipinski definition) is 4. The predicted molar refractivity (Wildman–Crippen MR) is 82.1 cm³/mol. The Labute approximate surface area is 138 Å². The Hall–Kier alpha value is -1.96. The summed E-state index contributed by atoms with van der Waals surface area (Å²) in [5, 5.41) is 3.08. The van der Waals surface area contributed by atoms with Crippen molar-refractivity contribution >= 4 is 5.91 Å². The molecule has 1 atom stereocenters. The molecule has 1 fully saturated rings. The smallest absolute Gasteiger partial charge is 0.422 e. The number of rotatable bonds is 7. The summed E-state index contributed by atoms with van der Waals surface area (Å²) >= 11 is 0. The van der Waals surface area contributed by atoms with Gasteiger partial charge in [0.25, 0.3) is 5.91 Å². The van der Waals surface area contributed by atoms with Crippen LogP contribution in [0.15, 0.2) is 24.3 Å². The van der Waals surface area contributed by atoms with Gasteiger partial charge in [0.05, 0.1) is 0 Å². The zero-order valence-corrected chi connectivity index (χ0v) is 13.4. The van der Waals surface area contributed by atoms with E-state index in [1.165, 1.54) is 12.1 Å². The molecule has 1 saturated heterocycles. The second kappa shape index (κ2) is 8.23. The molecule has 134 valence electrons. The molecule has 1 amide bonds. The van der Waals surface area contributed by atoms with Crippen LogP contribution in [0.3, 0.4) is 0 Å². The van der Waals surface area contributed by atoms with Gasteiger partial charge in [-0.2, -0.15) is 13.2 Å². The molecule has 0 bridgehead atoms. The zero-order chi connectivity index (χ0) is 17.6. The Kier molecular flexibility index (Phi) is 6.30. The van der Waals surface area contributed by atoms with Crippen molar-refractivity contribution in [2.75, 3.05) is 39.9 Å². The van der Waals surface area contributed by atoms with Gasteiger partial charge in [0.1, 0.15) is 0 Å². The number of para-hydroxylation sites is 2. The first-order chi connectivity index (χ1) is 11.4. The van der Waals surface area contributed by atoms with Crippen LogP contribution in [0.2, 0.25) is 0 Å². The standard InChI is InChI=1S/C16H21F3N2O3/c1-20-8-12-6-7-21(9-12)15(22)10-23-13-4-2-3-5-14(13)24-11-16(17,18)19/h2-5,12,20H,6-11H2,1H3/t12-/m1/s1. The zero-order valence-electron chi connectivity index (χ0n) is 13.4. The second-order valence-electron chi connectivity index (χ2n) is 5.69. The van der Waals surface area contributed by atoms with Crippen LogP contribution in [0, 0.1) is 5.92 Å². The van der Waals surface area contributed by atoms with Gasteiger partial charge in [-0.1, -0.05) is 12.1 Å². The summed E-state index contributed by atoms with van der Waals surface area (Å²) in [4.78, 5) is 13.9. The molecule has 24 heavy (non-hydrogen) atoms. The number of alkyl halides is 3. The average Bonchev–Trinajstić information content (AvgIpc) is 3.00. The lowest BCUT2D eigenvalue weighted by Gasteiger charge is -2.18. The van der Waals surface area contributed by atoms with E-state index >= 15 is 0 Å². The number of carbonyl (C=O) groups excluding carboxylic acids is 1. The van der Waals surface area contributed by atoms with Gasteiger partial charge in [-0.25, -0.2) is 0 Å². The largest absolute Gasteiger partial charge is 0.480 e. The Balaban J connectivity index is 1.87. The Morgan fingerprint density at radius 2 is 1.96 bits per heavy atom. The number of nitrogens with one attached hydrogen (secondary N) is 1. The van der Waals surface area contributed by atoms with Crippen LogP contribution in [-0.2, 0) is 4.79 Å². The van der Waals surface area contributed by atoms with Crippen LogP contribution in [0.25, 0.3) is 0 Å². The number of benzene rings is 1. The van der Waals surface area contributed by atoms with Gasteiger partial charge in [0.2, 0.25) is 0 Å². The van der Waals surface area contributed by atoms with Gasteiger partial charge in [-0.05, 0) is 38.1 Å². The number of carbonyl (C=O) groups is 1. The summed E-state index contributed by atoms with van der Waals surface area (Å²) in [5.41, 5.74) is 0. The first kappa shape index (κ1) is 18.4. The fourth-order valence-electron chi connectivity index (χ4n) is 2.59. The minimum atomic E-state index is -4.43. The number of likely N-dealkylation sites (tertiary alicyclic amines) is 1. The highest BCUT2D eigenvalue weighted by Crippen LogP contribution is 2.28. The third kappa shape index (κ3) is 5.59. The highest BCUT2D eigenvalue weighted by molar-refractivity contribution is 5.78. The molecule has 0 radical (unpaired) electrons. The van der Waals surface area contributed by atoms with Gasteiger partial charge in [0, 0.05) is 13.1 Å². The third-order valence-corrected chi connectivity index (χ3v) is 3.72. The quantitative estimate of drug-likeness (QED) is 0.821. The molecule has 0 saturated carbocycles. The molecule has 2 rings (SSSR count). The summed E-state index contributed by atoms with van der Waals surface area (Å²) in [6, 6.07) is 6.01. The van der Waals surface area contributed by atoms with E-state index in [-0.39, 0.29) is 24.0 Å². The normalized spacial score (nSPS) is 17.8. The SMILES string of the molecule is CNC[C@H]1CCN(C(=O)COc2ccccc2OCC(F)(F)F)C1. The first-order valence-electron chi connectivity index (χ1n) is 7.73. The van der Waals surface area contributed by atoms with Crippen molar-refractivity contribution in [2.45, 2.75) is 12.6 Å². The van der Waals surface area contributed by atoms with Crippen molar-refractivity contribution in [2.24, 2.45) is 5.92 Å². The summed E-state index contributed by atoms with van der Waals surface area (Å²) < 4.78 is 46.9. The topological polar surface area (TPSA) is 50.8 Å². The fraction of sp³-hybridized carbons (Fsp3) is 0.562. The van der Waals surface area contributed by atoms with Crippen LogP contribution >= 0.6 is 0 Å².